The van der Waals surface area contributed by atoms with Crippen molar-refractivity contribution >= 4 is 24.0 Å². The molecule has 5 heteroatoms. The Morgan fingerprint density at radius 2 is 1.67 bits per heavy atom. The fourth-order valence-electron chi connectivity index (χ4n) is 1.24. The number of aliphatic carboxylic acids is 1. The van der Waals surface area contributed by atoms with E-state index in [1.165, 1.54) is 0 Å². The molecule has 2 rings (SSSR count). The van der Waals surface area contributed by atoms with Crippen molar-refractivity contribution in [3.63, 3.8) is 0 Å². The number of rotatable bonds is 3. The number of cyclic esters (lactones) is 2. The Morgan fingerprint density at radius 1 is 1.10 bits per heavy atom. The van der Waals surface area contributed by atoms with Crippen molar-refractivity contribution in [2.75, 3.05) is 0 Å². The second-order valence-electron chi connectivity index (χ2n) is 4.00. The summed E-state index contributed by atoms with van der Waals surface area (Å²) in [6.07, 6.45) is 7.35. The maximum absolute atomic E-state index is 10.4. The summed E-state index contributed by atoms with van der Waals surface area (Å²) in [4.78, 5) is 30.3. The zero-order chi connectivity index (χ0) is 15.7. The van der Waals surface area contributed by atoms with E-state index in [0.29, 0.717) is 5.57 Å². The molecule has 21 heavy (non-hydrogen) atoms. The highest BCUT2D eigenvalue weighted by molar-refractivity contribution is 6.04. The maximum atomic E-state index is 10.4. The normalized spacial score (nSPS) is 13.9. The van der Waals surface area contributed by atoms with Gasteiger partial charge in [0.25, 0.3) is 0 Å². The summed E-state index contributed by atoms with van der Waals surface area (Å²) in [6.45, 7) is 1.57. The van der Waals surface area contributed by atoms with E-state index in [4.69, 9.17) is 5.11 Å². The van der Waals surface area contributed by atoms with Crippen molar-refractivity contribution in [1.29, 1.82) is 0 Å². The first-order valence-corrected chi connectivity index (χ1v) is 6.06. The lowest BCUT2D eigenvalue weighted by Crippen LogP contribution is -1.96. The fraction of sp³-hybridized carbons (Fsp3) is 0.0625. The van der Waals surface area contributed by atoms with E-state index in [1.807, 2.05) is 36.4 Å². The third-order valence-corrected chi connectivity index (χ3v) is 2.33. The molecular weight excluding hydrogens is 272 g/mol. The van der Waals surface area contributed by atoms with E-state index in [2.05, 4.69) is 4.74 Å². The highest BCUT2D eigenvalue weighted by Crippen LogP contribution is 2.02. The number of carbonyl (C=O) groups excluding carboxylic acids is 2. The van der Waals surface area contributed by atoms with Gasteiger partial charge in [0, 0.05) is 17.7 Å². The number of carboxylic acids is 1. The highest BCUT2D eigenvalue weighted by atomic mass is 16.6. The van der Waals surface area contributed by atoms with Gasteiger partial charge in [0.2, 0.25) is 0 Å². The van der Waals surface area contributed by atoms with E-state index in [9.17, 15) is 14.4 Å². The molecule has 0 spiro atoms. The number of ether oxygens (including phenoxy) is 1. The molecule has 1 aliphatic rings. The minimum atomic E-state index is -0.886. The van der Waals surface area contributed by atoms with Gasteiger partial charge < -0.3 is 9.84 Å². The molecule has 1 aliphatic heterocycles. The molecular formula is C16H14O5. The smallest absolute Gasteiger partial charge is 0.338 e. The van der Waals surface area contributed by atoms with Crippen molar-refractivity contribution in [2.24, 2.45) is 0 Å². The van der Waals surface area contributed by atoms with E-state index < -0.39 is 17.9 Å². The molecule has 0 fully saturated rings. The van der Waals surface area contributed by atoms with Gasteiger partial charge >= 0.3 is 17.9 Å². The second kappa shape index (κ2) is 8.27. The van der Waals surface area contributed by atoms with Crippen LogP contribution in [0.5, 0.6) is 0 Å². The lowest BCUT2D eigenvalue weighted by Gasteiger charge is -1.90. The third-order valence-electron chi connectivity index (χ3n) is 2.33. The monoisotopic (exact) mass is 286 g/mol. The SMILES string of the molecule is CC(=CC=Cc1ccccc1)C(=O)O.O=C1C=CC(=O)O1. The van der Waals surface area contributed by atoms with Gasteiger partial charge in [0.1, 0.15) is 0 Å². The average molecular weight is 286 g/mol. The topological polar surface area (TPSA) is 80.7 Å². The first-order valence-electron chi connectivity index (χ1n) is 6.06. The first kappa shape index (κ1) is 16.1. The standard InChI is InChI=1S/C12H12O2.C4H2O3/c1-10(12(13)14)6-5-9-11-7-3-2-4-8-11;5-3-1-2-4(6)7-3/h2-9H,1H3,(H,13,14);1-2H. The van der Waals surface area contributed by atoms with Crippen LogP contribution in [-0.4, -0.2) is 23.0 Å². The summed E-state index contributed by atoms with van der Waals surface area (Å²) in [7, 11) is 0. The molecule has 0 aliphatic carbocycles. The Bertz CT molecular complexity index is 593. The largest absolute Gasteiger partial charge is 0.478 e. The van der Waals surface area contributed by atoms with Gasteiger partial charge in [-0.25, -0.2) is 14.4 Å². The average Bonchev–Trinajstić information content (AvgIpc) is 2.84. The zero-order valence-corrected chi connectivity index (χ0v) is 11.4. The molecule has 0 radical (unpaired) electrons. The third kappa shape index (κ3) is 6.68. The number of carboxylic acid groups (broad SMARTS) is 1. The molecule has 0 saturated heterocycles. The quantitative estimate of drug-likeness (QED) is 0.399. The Kier molecular flexibility index (Phi) is 6.34. The van der Waals surface area contributed by atoms with Crippen molar-refractivity contribution < 1.29 is 24.2 Å². The number of esters is 2. The van der Waals surface area contributed by atoms with Crippen LogP contribution in [0, 0.1) is 0 Å². The van der Waals surface area contributed by atoms with Crippen LogP contribution in [0.3, 0.4) is 0 Å². The highest BCUT2D eigenvalue weighted by Gasteiger charge is 2.10. The fourth-order valence-corrected chi connectivity index (χ4v) is 1.24. The summed E-state index contributed by atoms with van der Waals surface area (Å²) in [5.41, 5.74) is 1.39. The van der Waals surface area contributed by atoms with Gasteiger partial charge in [-0.05, 0) is 12.5 Å². The lowest BCUT2D eigenvalue weighted by molar-refractivity contribution is -0.150. The van der Waals surface area contributed by atoms with Crippen LogP contribution in [0.2, 0.25) is 0 Å². The van der Waals surface area contributed by atoms with Crippen LogP contribution in [0.15, 0.2) is 60.2 Å². The Hall–Kier alpha value is -2.95. The minimum Gasteiger partial charge on any atom is -0.478 e. The van der Waals surface area contributed by atoms with Gasteiger partial charge in [-0.2, -0.15) is 0 Å². The molecule has 1 heterocycles. The van der Waals surface area contributed by atoms with E-state index in [0.717, 1.165) is 17.7 Å². The number of carbonyl (C=O) groups is 3. The van der Waals surface area contributed by atoms with Crippen LogP contribution in [0.25, 0.3) is 6.08 Å². The molecule has 1 aromatic carbocycles. The van der Waals surface area contributed by atoms with E-state index >= 15 is 0 Å². The summed E-state index contributed by atoms with van der Waals surface area (Å²) in [5.74, 6) is -2.04. The molecule has 108 valence electrons. The van der Waals surface area contributed by atoms with Crippen molar-refractivity contribution in [3.8, 4) is 0 Å². The summed E-state index contributed by atoms with van der Waals surface area (Å²) in [5, 5.41) is 8.58. The van der Waals surface area contributed by atoms with Crippen LogP contribution in [0.1, 0.15) is 12.5 Å². The van der Waals surface area contributed by atoms with Crippen LogP contribution >= 0.6 is 0 Å². The molecule has 0 bridgehead atoms. The Morgan fingerprint density at radius 3 is 2.10 bits per heavy atom. The second-order valence-corrected chi connectivity index (χ2v) is 4.00. The minimum absolute atomic E-state index is 0.331. The number of hydrogen-bond acceptors (Lipinski definition) is 4. The van der Waals surface area contributed by atoms with Gasteiger partial charge in [-0.3, -0.25) is 0 Å². The molecule has 0 aromatic heterocycles. The van der Waals surface area contributed by atoms with Gasteiger partial charge in [0.15, 0.2) is 0 Å². The molecule has 0 atom stereocenters. The molecule has 0 unspecified atom stereocenters. The van der Waals surface area contributed by atoms with E-state index in [1.54, 1.807) is 19.1 Å². The van der Waals surface area contributed by atoms with Crippen LogP contribution < -0.4 is 0 Å². The van der Waals surface area contributed by atoms with E-state index in [-0.39, 0.29) is 0 Å². The maximum Gasteiger partial charge on any atom is 0.338 e. The summed E-state index contributed by atoms with van der Waals surface area (Å²) >= 11 is 0. The molecule has 1 aromatic rings. The van der Waals surface area contributed by atoms with Gasteiger partial charge in [-0.15, -0.1) is 0 Å². The van der Waals surface area contributed by atoms with Crippen molar-refractivity contribution in [3.05, 3.63) is 65.8 Å². The predicted molar refractivity (Wildman–Crippen MR) is 77.1 cm³/mol. The van der Waals surface area contributed by atoms with Crippen molar-refractivity contribution in [1.82, 2.24) is 0 Å². The first-order chi connectivity index (χ1) is 9.99. The predicted octanol–water partition coefficient (Wildman–Crippen LogP) is 2.36. The van der Waals surface area contributed by atoms with Crippen LogP contribution in [-0.2, 0) is 19.1 Å². The zero-order valence-electron chi connectivity index (χ0n) is 11.4. The number of benzene rings is 1. The van der Waals surface area contributed by atoms with Gasteiger partial charge in [0.05, 0.1) is 0 Å². The number of hydrogen-bond donors (Lipinski definition) is 1. The molecule has 5 nitrogen and oxygen atoms in total. The number of allylic oxidation sites excluding steroid dienone is 2. The lowest BCUT2D eigenvalue weighted by atomic mass is 10.2. The Labute approximate surface area is 121 Å². The Balaban J connectivity index is 0.000000262. The summed E-state index contributed by atoms with van der Waals surface area (Å²) in [6, 6.07) is 9.73. The molecule has 1 N–H and O–H groups in total. The van der Waals surface area contributed by atoms with Crippen molar-refractivity contribution in [2.45, 2.75) is 6.92 Å². The molecule has 0 saturated carbocycles. The van der Waals surface area contributed by atoms with Crippen LogP contribution in [0.4, 0.5) is 0 Å². The molecule has 0 amide bonds. The van der Waals surface area contributed by atoms with Gasteiger partial charge in [-0.1, -0.05) is 48.6 Å². The summed E-state index contributed by atoms with van der Waals surface area (Å²) < 4.78 is 3.97.